The zero-order valence-corrected chi connectivity index (χ0v) is 11.4. The number of phenolic OH excluding ortho intramolecular Hbond substituents is 1. The van der Waals surface area contributed by atoms with Gasteiger partial charge in [-0.25, -0.2) is 0 Å². The molecule has 0 fully saturated rings. The van der Waals surface area contributed by atoms with E-state index in [2.05, 4.69) is 6.58 Å². The lowest BCUT2D eigenvalue weighted by Gasteiger charge is -2.06. The minimum absolute atomic E-state index is 0.0853. The van der Waals surface area contributed by atoms with Gasteiger partial charge in [-0.3, -0.25) is 4.79 Å². The summed E-state index contributed by atoms with van der Waals surface area (Å²) in [4.78, 5) is 12.2. The predicted octanol–water partition coefficient (Wildman–Crippen LogP) is 3.89. The zero-order valence-electron chi connectivity index (χ0n) is 11.4. The summed E-state index contributed by atoms with van der Waals surface area (Å²) in [7, 11) is 0. The van der Waals surface area contributed by atoms with Gasteiger partial charge >= 0.3 is 0 Å². The van der Waals surface area contributed by atoms with Crippen LogP contribution in [0.1, 0.15) is 5.56 Å². The molecule has 3 rings (SSSR count). The Morgan fingerprint density at radius 3 is 2.62 bits per heavy atom. The van der Waals surface area contributed by atoms with Crippen molar-refractivity contribution in [3.63, 3.8) is 0 Å². The highest BCUT2D eigenvalue weighted by Crippen LogP contribution is 2.27. The number of fused-ring (bicyclic) bond motifs is 1. The molecule has 0 unspecified atom stereocenters. The normalized spacial score (nSPS) is 10.7. The van der Waals surface area contributed by atoms with Gasteiger partial charge in [0.1, 0.15) is 17.1 Å². The standard InChI is InChI=1S/C18H14O3/c1-2-6-13-9-18-14(10-15(13)19)16(20)11-17(21-18)12-7-4-3-5-8-12/h2-5,7-11,19H,1,6H2. The maximum atomic E-state index is 12.2. The van der Waals surface area contributed by atoms with Gasteiger partial charge in [0.2, 0.25) is 0 Å². The Balaban J connectivity index is 2.25. The molecule has 0 aliphatic carbocycles. The first-order valence-electron chi connectivity index (χ1n) is 6.65. The molecule has 104 valence electrons. The lowest BCUT2D eigenvalue weighted by atomic mass is 10.1. The van der Waals surface area contributed by atoms with Gasteiger partial charge in [0.15, 0.2) is 5.43 Å². The second-order valence-corrected chi connectivity index (χ2v) is 4.81. The van der Waals surface area contributed by atoms with Gasteiger partial charge in [-0.1, -0.05) is 36.4 Å². The predicted molar refractivity (Wildman–Crippen MR) is 83.5 cm³/mol. The molecule has 0 aliphatic heterocycles. The fourth-order valence-electron chi connectivity index (χ4n) is 2.30. The molecule has 0 amide bonds. The van der Waals surface area contributed by atoms with E-state index in [1.807, 2.05) is 30.3 Å². The molecule has 21 heavy (non-hydrogen) atoms. The van der Waals surface area contributed by atoms with E-state index in [0.717, 1.165) is 5.56 Å². The molecular formula is C18H14O3. The van der Waals surface area contributed by atoms with Gasteiger partial charge in [-0.15, -0.1) is 6.58 Å². The number of allylic oxidation sites excluding steroid dienone is 1. The monoisotopic (exact) mass is 278 g/mol. The lowest BCUT2D eigenvalue weighted by molar-refractivity contribution is 0.470. The van der Waals surface area contributed by atoms with E-state index in [0.29, 0.717) is 28.7 Å². The molecule has 1 N–H and O–H groups in total. The first kappa shape index (κ1) is 13.2. The third-order valence-corrected chi connectivity index (χ3v) is 3.35. The molecule has 0 radical (unpaired) electrons. The van der Waals surface area contributed by atoms with Crippen LogP contribution in [0.3, 0.4) is 0 Å². The lowest BCUT2D eigenvalue weighted by Crippen LogP contribution is -2.01. The largest absolute Gasteiger partial charge is 0.508 e. The van der Waals surface area contributed by atoms with Crippen LogP contribution in [-0.4, -0.2) is 5.11 Å². The van der Waals surface area contributed by atoms with Crippen molar-refractivity contribution in [3.05, 3.63) is 77.0 Å². The Hall–Kier alpha value is -2.81. The van der Waals surface area contributed by atoms with Crippen molar-refractivity contribution < 1.29 is 9.52 Å². The van der Waals surface area contributed by atoms with E-state index in [4.69, 9.17) is 4.42 Å². The van der Waals surface area contributed by atoms with Crippen LogP contribution in [0.5, 0.6) is 5.75 Å². The molecule has 2 aromatic carbocycles. The smallest absolute Gasteiger partial charge is 0.193 e. The molecule has 1 heterocycles. The summed E-state index contributed by atoms with van der Waals surface area (Å²) in [5.41, 5.74) is 1.83. The highest BCUT2D eigenvalue weighted by atomic mass is 16.3. The Morgan fingerprint density at radius 1 is 1.14 bits per heavy atom. The van der Waals surface area contributed by atoms with Gasteiger partial charge < -0.3 is 9.52 Å². The van der Waals surface area contributed by atoms with E-state index >= 15 is 0 Å². The summed E-state index contributed by atoms with van der Waals surface area (Å²) in [5.74, 6) is 0.602. The second kappa shape index (κ2) is 5.29. The van der Waals surface area contributed by atoms with Crippen LogP contribution in [0, 0.1) is 0 Å². The van der Waals surface area contributed by atoms with Crippen molar-refractivity contribution in [3.8, 4) is 17.1 Å². The van der Waals surface area contributed by atoms with E-state index < -0.39 is 0 Å². The number of hydrogen-bond donors (Lipinski definition) is 1. The van der Waals surface area contributed by atoms with E-state index in [1.54, 1.807) is 12.1 Å². The Bertz CT molecular complexity index is 861. The highest BCUT2D eigenvalue weighted by Gasteiger charge is 2.10. The van der Waals surface area contributed by atoms with Crippen LogP contribution < -0.4 is 5.43 Å². The third-order valence-electron chi connectivity index (χ3n) is 3.35. The van der Waals surface area contributed by atoms with Crippen molar-refractivity contribution >= 4 is 11.0 Å². The van der Waals surface area contributed by atoms with Crippen LogP contribution in [0.4, 0.5) is 0 Å². The molecule has 0 saturated heterocycles. The molecule has 0 aliphatic rings. The van der Waals surface area contributed by atoms with E-state index in [-0.39, 0.29) is 11.2 Å². The summed E-state index contributed by atoms with van der Waals surface area (Å²) >= 11 is 0. The molecule has 0 spiro atoms. The Morgan fingerprint density at radius 2 is 1.90 bits per heavy atom. The van der Waals surface area contributed by atoms with Gasteiger partial charge in [-0.05, 0) is 18.6 Å². The van der Waals surface area contributed by atoms with Crippen molar-refractivity contribution in [2.45, 2.75) is 6.42 Å². The van der Waals surface area contributed by atoms with Crippen LogP contribution in [0.15, 0.2) is 70.4 Å². The molecule has 3 heteroatoms. The average molecular weight is 278 g/mol. The van der Waals surface area contributed by atoms with Crippen LogP contribution >= 0.6 is 0 Å². The number of aromatic hydroxyl groups is 1. The third kappa shape index (κ3) is 2.46. The Labute approximate surface area is 121 Å². The average Bonchev–Trinajstić information content (AvgIpc) is 2.50. The first-order chi connectivity index (χ1) is 10.2. The van der Waals surface area contributed by atoms with E-state index in [1.165, 1.54) is 12.1 Å². The van der Waals surface area contributed by atoms with Crippen molar-refractivity contribution in [2.24, 2.45) is 0 Å². The van der Waals surface area contributed by atoms with Gasteiger partial charge in [0, 0.05) is 17.2 Å². The van der Waals surface area contributed by atoms with Crippen LogP contribution in [0.25, 0.3) is 22.3 Å². The minimum Gasteiger partial charge on any atom is -0.508 e. The topological polar surface area (TPSA) is 50.4 Å². The maximum Gasteiger partial charge on any atom is 0.193 e. The molecular weight excluding hydrogens is 264 g/mol. The number of phenols is 1. The summed E-state index contributed by atoms with van der Waals surface area (Å²) in [5, 5.41) is 10.3. The Kier molecular flexibility index (Phi) is 3.32. The fraction of sp³-hybridized carbons (Fsp3) is 0.0556. The number of hydrogen-bond acceptors (Lipinski definition) is 3. The van der Waals surface area contributed by atoms with Gasteiger partial charge in [0.05, 0.1) is 5.39 Å². The van der Waals surface area contributed by atoms with Crippen molar-refractivity contribution in [2.75, 3.05) is 0 Å². The molecule has 0 atom stereocenters. The van der Waals surface area contributed by atoms with Crippen LogP contribution in [-0.2, 0) is 6.42 Å². The summed E-state index contributed by atoms with van der Waals surface area (Å²) in [6.45, 7) is 3.66. The summed E-state index contributed by atoms with van der Waals surface area (Å²) in [6.07, 6.45) is 2.21. The quantitative estimate of drug-likeness (QED) is 0.739. The number of benzene rings is 2. The number of rotatable bonds is 3. The summed E-state index contributed by atoms with van der Waals surface area (Å²) in [6, 6.07) is 14.0. The van der Waals surface area contributed by atoms with Crippen LogP contribution in [0.2, 0.25) is 0 Å². The van der Waals surface area contributed by atoms with Gasteiger partial charge in [-0.2, -0.15) is 0 Å². The SMILES string of the molecule is C=CCc1cc2oc(-c3ccccc3)cc(=O)c2cc1O. The van der Waals surface area contributed by atoms with Gasteiger partial charge in [0.25, 0.3) is 0 Å². The molecule has 1 aromatic heterocycles. The molecule has 3 nitrogen and oxygen atoms in total. The first-order valence-corrected chi connectivity index (χ1v) is 6.65. The second-order valence-electron chi connectivity index (χ2n) is 4.81. The molecule has 0 bridgehead atoms. The van der Waals surface area contributed by atoms with Crippen molar-refractivity contribution in [1.29, 1.82) is 0 Å². The summed E-state index contributed by atoms with van der Waals surface area (Å²) < 4.78 is 5.83. The molecule has 0 saturated carbocycles. The maximum absolute atomic E-state index is 12.2. The van der Waals surface area contributed by atoms with Crippen molar-refractivity contribution in [1.82, 2.24) is 0 Å². The zero-order chi connectivity index (χ0) is 14.8. The highest BCUT2D eigenvalue weighted by molar-refractivity contribution is 5.81. The fourth-order valence-corrected chi connectivity index (χ4v) is 2.30. The molecule has 3 aromatic rings. The van der Waals surface area contributed by atoms with E-state index in [9.17, 15) is 9.90 Å². The minimum atomic E-state index is -0.171.